The Kier molecular flexibility index (Phi) is 4.15. The first-order valence-corrected chi connectivity index (χ1v) is 8.51. The average molecular weight is 367 g/mol. The van der Waals surface area contributed by atoms with Crippen LogP contribution in [0.3, 0.4) is 0 Å². The highest BCUT2D eigenvalue weighted by Gasteiger charge is 2.23. The Labute approximate surface area is 153 Å². The maximum atomic E-state index is 12.3. The number of anilines is 2. The third-order valence-corrected chi connectivity index (χ3v) is 4.33. The molecule has 27 heavy (non-hydrogen) atoms. The molecule has 2 heterocycles. The molecule has 3 aromatic rings. The standard InChI is InChI=1S/C19H17N3O5/c1-11-18(24)21-13-10-12(6-7-15(13)26-11)20-17(23)8-9-22-14-4-2-3-5-16(14)27-19(22)25/h2-7,10-11H,8-9H2,1H3,(H,20,23)(H,21,24). The van der Waals surface area contributed by atoms with Crippen LogP contribution in [0.15, 0.2) is 51.7 Å². The van der Waals surface area contributed by atoms with Gasteiger partial charge in [0.25, 0.3) is 5.91 Å². The molecule has 4 rings (SSSR count). The molecule has 1 aromatic heterocycles. The van der Waals surface area contributed by atoms with Gasteiger partial charge in [0.2, 0.25) is 5.91 Å². The number of rotatable bonds is 4. The highest BCUT2D eigenvalue weighted by molar-refractivity contribution is 5.99. The summed E-state index contributed by atoms with van der Waals surface area (Å²) in [4.78, 5) is 35.9. The first-order chi connectivity index (χ1) is 13.0. The summed E-state index contributed by atoms with van der Waals surface area (Å²) in [5.74, 6) is -0.441. The van der Waals surface area contributed by atoms with Crippen LogP contribution in [0.4, 0.5) is 11.4 Å². The van der Waals surface area contributed by atoms with Gasteiger partial charge in [0.15, 0.2) is 11.7 Å². The molecule has 8 heteroatoms. The molecular weight excluding hydrogens is 350 g/mol. The predicted molar refractivity (Wildman–Crippen MR) is 98.9 cm³/mol. The Bertz CT molecular complexity index is 1100. The summed E-state index contributed by atoms with van der Waals surface area (Å²) in [7, 11) is 0. The van der Waals surface area contributed by atoms with Crippen LogP contribution >= 0.6 is 0 Å². The molecule has 0 saturated carbocycles. The maximum absolute atomic E-state index is 12.3. The van der Waals surface area contributed by atoms with Crippen LogP contribution < -0.4 is 21.1 Å². The van der Waals surface area contributed by atoms with E-state index in [9.17, 15) is 14.4 Å². The summed E-state index contributed by atoms with van der Waals surface area (Å²) in [5, 5.41) is 5.49. The molecule has 0 bridgehead atoms. The molecule has 138 valence electrons. The van der Waals surface area contributed by atoms with E-state index in [2.05, 4.69) is 10.6 Å². The van der Waals surface area contributed by atoms with Crippen LogP contribution in [0.25, 0.3) is 11.1 Å². The lowest BCUT2D eigenvalue weighted by atomic mass is 10.2. The molecule has 2 amide bonds. The third-order valence-electron chi connectivity index (χ3n) is 4.33. The van der Waals surface area contributed by atoms with Crippen molar-refractivity contribution in [3.05, 3.63) is 53.0 Å². The summed E-state index contributed by atoms with van der Waals surface area (Å²) >= 11 is 0. The zero-order chi connectivity index (χ0) is 19.0. The van der Waals surface area contributed by atoms with Crippen LogP contribution in [-0.2, 0) is 16.1 Å². The first kappa shape index (κ1) is 16.9. The van der Waals surface area contributed by atoms with Gasteiger partial charge in [-0.1, -0.05) is 12.1 Å². The van der Waals surface area contributed by atoms with Crippen molar-refractivity contribution in [1.82, 2.24) is 4.57 Å². The maximum Gasteiger partial charge on any atom is 0.419 e. The zero-order valence-electron chi connectivity index (χ0n) is 14.5. The van der Waals surface area contributed by atoms with Gasteiger partial charge in [-0.3, -0.25) is 14.2 Å². The van der Waals surface area contributed by atoms with Crippen LogP contribution in [0.5, 0.6) is 5.75 Å². The number of fused-ring (bicyclic) bond motifs is 2. The van der Waals surface area contributed by atoms with E-state index in [1.54, 1.807) is 49.4 Å². The number of ether oxygens (including phenoxy) is 1. The first-order valence-electron chi connectivity index (χ1n) is 8.51. The molecule has 1 atom stereocenters. The van der Waals surface area contributed by atoms with Crippen molar-refractivity contribution in [2.45, 2.75) is 26.0 Å². The van der Waals surface area contributed by atoms with Gasteiger partial charge in [-0.2, -0.15) is 0 Å². The number of aryl methyl sites for hydroxylation is 1. The lowest BCUT2D eigenvalue weighted by Gasteiger charge is -2.23. The molecule has 2 N–H and O–H groups in total. The van der Waals surface area contributed by atoms with E-state index in [0.717, 1.165) is 0 Å². The Morgan fingerprint density at radius 1 is 1.22 bits per heavy atom. The van der Waals surface area contributed by atoms with Gasteiger partial charge in [-0.15, -0.1) is 0 Å². The topological polar surface area (TPSA) is 103 Å². The monoisotopic (exact) mass is 367 g/mol. The van der Waals surface area contributed by atoms with Gasteiger partial charge in [0.1, 0.15) is 5.75 Å². The Balaban J connectivity index is 1.44. The molecule has 0 fully saturated rings. The van der Waals surface area contributed by atoms with E-state index in [1.807, 2.05) is 0 Å². The van der Waals surface area contributed by atoms with Gasteiger partial charge in [-0.05, 0) is 37.3 Å². The fourth-order valence-electron chi connectivity index (χ4n) is 2.95. The van der Waals surface area contributed by atoms with E-state index < -0.39 is 11.9 Å². The summed E-state index contributed by atoms with van der Waals surface area (Å²) < 4.78 is 12.1. The number of para-hydroxylation sites is 2. The van der Waals surface area contributed by atoms with Gasteiger partial charge >= 0.3 is 5.76 Å². The fraction of sp³-hybridized carbons (Fsp3) is 0.211. The number of carbonyl (C=O) groups is 2. The highest BCUT2D eigenvalue weighted by Crippen LogP contribution is 2.32. The molecule has 0 aliphatic carbocycles. The van der Waals surface area contributed by atoms with Crippen molar-refractivity contribution in [3.8, 4) is 5.75 Å². The number of carbonyl (C=O) groups excluding carboxylic acids is 2. The lowest BCUT2D eigenvalue weighted by molar-refractivity contribution is -0.122. The Hall–Kier alpha value is -3.55. The normalized spacial score (nSPS) is 15.7. The highest BCUT2D eigenvalue weighted by atomic mass is 16.5. The molecule has 0 saturated heterocycles. The minimum atomic E-state index is -0.555. The van der Waals surface area contributed by atoms with E-state index in [1.165, 1.54) is 4.57 Å². The number of nitrogens with one attached hydrogen (secondary N) is 2. The molecule has 0 radical (unpaired) electrons. The van der Waals surface area contributed by atoms with Crippen molar-refractivity contribution >= 4 is 34.3 Å². The van der Waals surface area contributed by atoms with E-state index in [-0.39, 0.29) is 24.8 Å². The molecule has 2 aromatic carbocycles. The second kappa shape index (κ2) is 6.64. The Morgan fingerprint density at radius 2 is 2.04 bits per heavy atom. The van der Waals surface area contributed by atoms with Gasteiger partial charge in [0, 0.05) is 18.7 Å². The SMILES string of the molecule is CC1Oc2ccc(NC(=O)CCn3c(=O)oc4ccccc43)cc2NC1=O. The molecule has 1 aliphatic heterocycles. The number of amides is 2. The van der Waals surface area contributed by atoms with E-state index in [0.29, 0.717) is 28.2 Å². The number of oxazole rings is 1. The zero-order valence-corrected chi connectivity index (χ0v) is 14.5. The van der Waals surface area contributed by atoms with Crippen molar-refractivity contribution in [3.63, 3.8) is 0 Å². The van der Waals surface area contributed by atoms with Gasteiger partial charge < -0.3 is 19.8 Å². The number of hydrogen-bond acceptors (Lipinski definition) is 5. The quantitative estimate of drug-likeness (QED) is 0.737. The smallest absolute Gasteiger partial charge is 0.419 e. The molecule has 0 spiro atoms. The molecule has 1 unspecified atom stereocenters. The fourth-order valence-corrected chi connectivity index (χ4v) is 2.95. The van der Waals surface area contributed by atoms with Gasteiger partial charge in [-0.25, -0.2) is 4.79 Å². The van der Waals surface area contributed by atoms with E-state index >= 15 is 0 Å². The summed E-state index contributed by atoms with van der Waals surface area (Å²) in [6.45, 7) is 1.86. The second-order valence-corrected chi connectivity index (χ2v) is 6.25. The summed E-state index contributed by atoms with van der Waals surface area (Å²) in [6.07, 6.45) is -0.457. The second-order valence-electron chi connectivity index (χ2n) is 6.25. The molecular formula is C19H17N3O5. The summed E-state index contributed by atoms with van der Waals surface area (Å²) in [6, 6.07) is 12.1. The van der Waals surface area contributed by atoms with E-state index in [4.69, 9.17) is 9.15 Å². The van der Waals surface area contributed by atoms with Crippen molar-refractivity contribution < 1.29 is 18.7 Å². The van der Waals surface area contributed by atoms with Crippen molar-refractivity contribution in [2.75, 3.05) is 10.6 Å². The number of nitrogens with zero attached hydrogens (tertiary/aromatic N) is 1. The predicted octanol–water partition coefficient (Wildman–Crippen LogP) is 2.34. The minimum absolute atomic E-state index is 0.0976. The molecule has 8 nitrogen and oxygen atoms in total. The van der Waals surface area contributed by atoms with Crippen molar-refractivity contribution in [1.29, 1.82) is 0 Å². The number of aromatic nitrogens is 1. The number of benzene rings is 2. The Morgan fingerprint density at radius 3 is 2.89 bits per heavy atom. The molecule has 1 aliphatic rings. The average Bonchev–Trinajstić information content (AvgIpc) is 2.96. The third kappa shape index (κ3) is 3.29. The van der Waals surface area contributed by atoms with Crippen LogP contribution in [0.1, 0.15) is 13.3 Å². The van der Waals surface area contributed by atoms with Crippen LogP contribution in [-0.4, -0.2) is 22.5 Å². The van der Waals surface area contributed by atoms with Crippen LogP contribution in [0.2, 0.25) is 0 Å². The number of hydrogen-bond donors (Lipinski definition) is 2. The largest absolute Gasteiger partial charge is 0.479 e. The van der Waals surface area contributed by atoms with Gasteiger partial charge in [0.05, 0.1) is 11.2 Å². The summed E-state index contributed by atoms with van der Waals surface area (Å²) in [5.41, 5.74) is 2.18. The van der Waals surface area contributed by atoms with Crippen molar-refractivity contribution in [2.24, 2.45) is 0 Å². The minimum Gasteiger partial charge on any atom is -0.479 e. The van der Waals surface area contributed by atoms with Crippen LogP contribution in [0, 0.1) is 0 Å². The lowest BCUT2D eigenvalue weighted by Crippen LogP contribution is -2.34.